The summed E-state index contributed by atoms with van der Waals surface area (Å²) in [4.78, 5) is 8.35. The van der Waals surface area contributed by atoms with Crippen LogP contribution in [-0.2, 0) is 12.6 Å². The molecule has 0 spiro atoms. The second kappa shape index (κ2) is 6.65. The molecule has 24 heavy (non-hydrogen) atoms. The summed E-state index contributed by atoms with van der Waals surface area (Å²) in [7, 11) is 0. The zero-order chi connectivity index (χ0) is 17.2. The van der Waals surface area contributed by atoms with Gasteiger partial charge >= 0.3 is 6.18 Å². The minimum absolute atomic E-state index is 0.317. The topological polar surface area (TPSA) is 37.8 Å². The predicted molar refractivity (Wildman–Crippen MR) is 88.2 cm³/mol. The van der Waals surface area contributed by atoms with E-state index in [2.05, 4.69) is 15.3 Å². The van der Waals surface area contributed by atoms with Crippen LogP contribution in [0.2, 0.25) is 5.02 Å². The van der Waals surface area contributed by atoms with Crippen LogP contribution in [0.25, 0.3) is 10.9 Å². The summed E-state index contributed by atoms with van der Waals surface area (Å²) in [5.41, 5.74) is 0.541. The standard InChI is InChI=1S/C17H13ClF3N3/c18-14-6-5-12(17(19,20)21)9-11(14)7-8-22-16-13-3-1-2-4-15(13)23-10-24-16/h1-6,9-10H,7-8H2,(H,22,23,24). The molecule has 0 saturated carbocycles. The molecule has 7 heteroatoms. The number of alkyl halides is 3. The highest BCUT2D eigenvalue weighted by molar-refractivity contribution is 6.31. The predicted octanol–water partition coefficient (Wildman–Crippen LogP) is 4.96. The first-order valence-corrected chi connectivity index (χ1v) is 7.62. The summed E-state index contributed by atoms with van der Waals surface area (Å²) in [6, 6.07) is 10.8. The maximum absolute atomic E-state index is 12.8. The molecule has 0 radical (unpaired) electrons. The van der Waals surface area contributed by atoms with Gasteiger partial charge in [0.2, 0.25) is 0 Å². The lowest BCUT2D eigenvalue weighted by atomic mass is 10.1. The maximum atomic E-state index is 12.8. The highest BCUT2D eigenvalue weighted by Gasteiger charge is 2.30. The lowest BCUT2D eigenvalue weighted by Crippen LogP contribution is -2.09. The van der Waals surface area contributed by atoms with Gasteiger partial charge in [0.05, 0.1) is 11.1 Å². The van der Waals surface area contributed by atoms with E-state index >= 15 is 0 Å². The molecule has 0 amide bonds. The van der Waals surface area contributed by atoms with Crippen molar-refractivity contribution < 1.29 is 13.2 Å². The lowest BCUT2D eigenvalue weighted by molar-refractivity contribution is -0.137. The minimum Gasteiger partial charge on any atom is -0.369 e. The van der Waals surface area contributed by atoms with Crippen LogP contribution in [0.4, 0.5) is 19.0 Å². The Balaban J connectivity index is 1.74. The van der Waals surface area contributed by atoms with Gasteiger partial charge in [-0.05, 0) is 42.3 Å². The van der Waals surface area contributed by atoms with Crippen molar-refractivity contribution in [3.63, 3.8) is 0 Å². The molecular formula is C17H13ClF3N3. The first kappa shape index (κ1) is 16.5. The van der Waals surface area contributed by atoms with Crippen molar-refractivity contribution in [2.45, 2.75) is 12.6 Å². The largest absolute Gasteiger partial charge is 0.416 e. The first-order valence-electron chi connectivity index (χ1n) is 7.24. The van der Waals surface area contributed by atoms with Gasteiger partial charge in [-0.15, -0.1) is 0 Å². The number of anilines is 1. The number of hydrogen-bond acceptors (Lipinski definition) is 3. The van der Waals surface area contributed by atoms with Gasteiger partial charge in [-0.3, -0.25) is 0 Å². The molecule has 0 aliphatic heterocycles. The van der Waals surface area contributed by atoms with Crippen LogP contribution in [0, 0.1) is 0 Å². The van der Waals surface area contributed by atoms with Gasteiger partial charge in [0.15, 0.2) is 0 Å². The molecule has 0 atom stereocenters. The van der Waals surface area contributed by atoms with Crippen LogP contribution in [0.3, 0.4) is 0 Å². The van der Waals surface area contributed by atoms with E-state index in [9.17, 15) is 13.2 Å². The summed E-state index contributed by atoms with van der Waals surface area (Å²) >= 11 is 6.00. The summed E-state index contributed by atoms with van der Waals surface area (Å²) in [6.45, 7) is 0.405. The number of para-hydroxylation sites is 1. The summed E-state index contributed by atoms with van der Waals surface area (Å²) in [5, 5.41) is 4.30. The Morgan fingerprint density at radius 3 is 2.62 bits per heavy atom. The monoisotopic (exact) mass is 351 g/mol. The molecule has 1 aromatic heterocycles. The van der Waals surface area contributed by atoms with E-state index in [0.29, 0.717) is 29.4 Å². The summed E-state index contributed by atoms with van der Waals surface area (Å²) < 4.78 is 38.4. The molecule has 1 N–H and O–H groups in total. The van der Waals surface area contributed by atoms with Crippen LogP contribution in [0.5, 0.6) is 0 Å². The molecule has 0 bridgehead atoms. The Hall–Kier alpha value is -2.34. The van der Waals surface area contributed by atoms with Gasteiger partial charge < -0.3 is 5.32 Å². The first-order chi connectivity index (χ1) is 11.4. The summed E-state index contributed by atoms with van der Waals surface area (Å²) in [6.07, 6.45) is -2.58. The number of nitrogens with one attached hydrogen (secondary N) is 1. The molecule has 3 rings (SSSR count). The van der Waals surface area contributed by atoms with E-state index in [4.69, 9.17) is 11.6 Å². The van der Waals surface area contributed by atoms with Gasteiger partial charge in [0.25, 0.3) is 0 Å². The molecule has 0 saturated heterocycles. The fraction of sp³-hybridized carbons (Fsp3) is 0.176. The number of nitrogens with zero attached hydrogens (tertiary/aromatic N) is 2. The normalized spacial score (nSPS) is 11.7. The number of halogens is 4. The zero-order valence-electron chi connectivity index (χ0n) is 12.4. The average molecular weight is 352 g/mol. The molecule has 1 heterocycles. The number of hydrogen-bond donors (Lipinski definition) is 1. The third-order valence-corrected chi connectivity index (χ3v) is 3.97. The van der Waals surface area contributed by atoms with Crippen molar-refractivity contribution >= 4 is 28.3 Å². The van der Waals surface area contributed by atoms with Gasteiger partial charge in [-0.2, -0.15) is 13.2 Å². The third-order valence-electron chi connectivity index (χ3n) is 3.60. The van der Waals surface area contributed by atoms with Gasteiger partial charge in [0.1, 0.15) is 12.1 Å². The van der Waals surface area contributed by atoms with Gasteiger partial charge in [-0.1, -0.05) is 23.7 Å². The quantitative estimate of drug-likeness (QED) is 0.722. The van der Waals surface area contributed by atoms with Gasteiger partial charge in [-0.25, -0.2) is 9.97 Å². The van der Waals surface area contributed by atoms with Crippen molar-refractivity contribution in [3.8, 4) is 0 Å². The molecule has 0 aliphatic carbocycles. The fourth-order valence-electron chi connectivity index (χ4n) is 2.40. The third kappa shape index (κ3) is 3.59. The van der Waals surface area contributed by atoms with E-state index in [1.54, 1.807) is 0 Å². The van der Waals surface area contributed by atoms with Crippen molar-refractivity contribution in [1.29, 1.82) is 0 Å². The van der Waals surface area contributed by atoms with E-state index in [0.717, 1.165) is 23.0 Å². The molecule has 0 unspecified atom stereocenters. The molecule has 0 fully saturated rings. The number of rotatable bonds is 4. The van der Waals surface area contributed by atoms with E-state index in [1.807, 2.05) is 24.3 Å². The van der Waals surface area contributed by atoms with Gasteiger partial charge in [0, 0.05) is 17.0 Å². The molecule has 0 aliphatic rings. The van der Waals surface area contributed by atoms with Crippen LogP contribution in [0.1, 0.15) is 11.1 Å². The summed E-state index contributed by atoms with van der Waals surface area (Å²) in [5.74, 6) is 0.642. The smallest absolute Gasteiger partial charge is 0.369 e. The van der Waals surface area contributed by atoms with Crippen LogP contribution in [0.15, 0.2) is 48.8 Å². The Morgan fingerprint density at radius 1 is 1.04 bits per heavy atom. The van der Waals surface area contributed by atoms with Crippen LogP contribution < -0.4 is 5.32 Å². The lowest BCUT2D eigenvalue weighted by Gasteiger charge is -2.12. The number of fused-ring (bicyclic) bond motifs is 1. The zero-order valence-corrected chi connectivity index (χ0v) is 13.2. The second-order valence-electron chi connectivity index (χ2n) is 5.22. The maximum Gasteiger partial charge on any atom is 0.416 e. The van der Waals surface area contributed by atoms with Crippen molar-refractivity contribution in [1.82, 2.24) is 9.97 Å². The molecule has 124 valence electrons. The van der Waals surface area contributed by atoms with Crippen LogP contribution >= 0.6 is 11.6 Å². The SMILES string of the molecule is FC(F)(F)c1ccc(Cl)c(CCNc2ncnc3ccccc23)c1. The Labute approximate surface area is 141 Å². The van der Waals surface area contributed by atoms with Crippen molar-refractivity contribution in [2.24, 2.45) is 0 Å². The fourth-order valence-corrected chi connectivity index (χ4v) is 2.62. The molecule has 2 aromatic carbocycles. The molecule has 3 aromatic rings. The van der Waals surface area contributed by atoms with Crippen molar-refractivity contribution in [2.75, 3.05) is 11.9 Å². The molecular weight excluding hydrogens is 339 g/mol. The van der Waals surface area contributed by atoms with E-state index in [1.165, 1.54) is 12.4 Å². The number of aromatic nitrogens is 2. The highest BCUT2D eigenvalue weighted by atomic mass is 35.5. The van der Waals surface area contributed by atoms with Crippen molar-refractivity contribution in [3.05, 3.63) is 64.9 Å². The van der Waals surface area contributed by atoms with Crippen LogP contribution in [-0.4, -0.2) is 16.5 Å². The second-order valence-corrected chi connectivity index (χ2v) is 5.63. The molecule has 3 nitrogen and oxygen atoms in total. The Bertz CT molecular complexity index is 860. The van der Waals surface area contributed by atoms with E-state index in [-0.39, 0.29) is 0 Å². The highest BCUT2D eigenvalue weighted by Crippen LogP contribution is 2.32. The van der Waals surface area contributed by atoms with E-state index < -0.39 is 11.7 Å². The average Bonchev–Trinajstić information content (AvgIpc) is 2.55. The Morgan fingerprint density at radius 2 is 1.83 bits per heavy atom. The number of benzene rings is 2. The Kier molecular flexibility index (Phi) is 4.57. The minimum atomic E-state index is -4.38.